The summed E-state index contributed by atoms with van der Waals surface area (Å²) < 4.78 is 5.28. The third-order valence-corrected chi connectivity index (χ3v) is 5.36. The number of methoxy groups -OCH3 is 1. The normalized spacial score (nSPS) is 29.1. The Labute approximate surface area is 126 Å². The van der Waals surface area contributed by atoms with Gasteiger partial charge < -0.3 is 10.1 Å². The lowest BCUT2D eigenvalue weighted by Gasteiger charge is -2.47. The van der Waals surface area contributed by atoms with Crippen LogP contribution >= 0.6 is 0 Å². The van der Waals surface area contributed by atoms with Crippen molar-refractivity contribution in [3.63, 3.8) is 0 Å². The van der Waals surface area contributed by atoms with E-state index in [1.807, 2.05) is 0 Å². The number of rotatable bonds is 8. The Hall–Kier alpha value is -0.120. The molecule has 0 aromatic heterocycles. The van der Waals surface area contributed by atoms with Crippen molar-refractivity contribution in [3.8, 4) is 0 Å². The summed E-state index contributed by atoms with van der Waals surface area (Å²) in [6.45, 7) is 14.9. The fourth-order valence-electron chi connectivity index (χ4n) is 3.24. The summed E-state index contributed by atoms with van der Waals surface area (Å²) in [6.07, 6.45) is 3.65. The highest BCUT2D eigenvalue weighted by Crippen LogP contribution is 2.24. The fraction of sp³-hybridized carbons (Fsp3) is 1.00. The zero-order valence-electron chi connectivity index (χ0n) is 14.5. The van der Waals surface area contributed by atoms with Crippen LogP contribution in [0.4, 0.5) is 0 Å². The molecule has 1 aliphatic heterocycles. The van der Waals surface area contributed by atoms with Crippen molar-refractivity contribution in [1.29, 1.82) is 0 Å². The van der Waals surface area contributed by atoms with Gasteiger partial charge in [-0.1, -0.05) is 40.5 Å². The maximum Gasteiger partial charge on any atom is 0.0477 e. The van der Waals surface area contributed by atoms with Crippen molar-refractivity contribution in [2.45, 2.75) is 72.0 Å². The topological polar surface area (TPSA) is 24.5 Å². The largest absolute Gasteiger partial charge is 0.385 e. The molecule has 1 rings (SSSR count). The van der Waals surface area contributed by atoms with E-state index in [1.165, 1.54) is 19.4 Å². The first-order chi connectivity index (χ1) is 9.54. The Kier molecular flexibility index (Phi) is 8.08. The lowest BCUT2D eigenvalue weighted by Crippen LogP contribution is -2.62. The molecule has 0 aliphatic carbocycles. The summed E-state index contributed by atoms with van der Waals surface area (Å²) >= 11 is 0. The second-order valence-corrected chi connectivity index (χ2v) is 6.68. The van der Waals surface area contributed by atoms with Gasteiger partial charge in [-0.15, -0.1) is 0 Å². The van der Waals surface area contributed by atoms with Gasteiger partial charge in [0, 0.05) is 44.9 Å². The van der Waals surface area contributed by atoms with Gasteiger partial charge in [-0.2, -0.15) is 0 Å². The highest BCUT2D eigenvalue weighted by Gasteiger charge is 2.34. The van der Waals surface area contributed by atoms with Crippen LogP contribution in [0.3, 0.4) is 0 Å². The second-order valence-electron chi connectivity index (χ2n) is 6.68. The van der Waals surface area contributed by atoms with Crippen molar-refractivity contribution in [2.24, 2.45) is 11.8 Å². The maximum atomic E-state index is 5.28. The van der Waals surface area contributed by atoms with Crippen molar-refractivity contribution in [3.05, 3.63) is 0 Å². The van der Waals surface area contributed by atoms with E-state index in [-0.39, 0.29) is 0 Å². The van der Waals surface area contributed by atoms with Gasteiger partial charge in [-0.05, 0) is 25.2 Å². The Bertz CT molecular complexity index is 259. The van der Waals surface area contributed by atoms with Crippen LogP contribution in [-0.4, -0.2) is 49.8 Å². The Morgan fingerprint density at radius 1 is 1.15 bits per heavy atom. The molecule has 5 atom stereocenters. The van der Waals surface area contributed by atoms with E-state index < -0.39 is 0 Å². The first kappa shape index (κ1) is 17.9. The zero-order chi connectivity index (χ0) is 15.1. The van der Waals surface area contributed by atoms with Crippen molar-refractivity contribution in [1.82, 2.24) is 10.2 Å². The minimum Gasteiger partial charge on any atom is -0.385 e. The van der Waals surface area contributed by atoms with Gasteiger partial charge in [-0.3, -0.25) is 4.90 Å². The van der Waals surface area contributed by atoms with Gasteiger partial charge >= 0.3 is 0 Å². The van der Waals surface area contributed by atoms with E-state index in [0.717, 1.165) is 31.4 Å². The van der Waals surface area contributed by atoms with E-state index >= 15 is 0 Å². The molecular formula is C17H36N2O. The number of hydrogen-bond acceptors (Lipinski definition) is 3. The van der Waals surface area contributed by atoms with Crippen LogP contribution in [0.25, 0.3) is 0 Å². The monoisotopic (exact) mass is 284 g/mol. The summed E-state index contributed by atoms with van der Waals surface area (Å²) in [7, 11) is 1.80. The smallest absolute Gasteiger partial charge is 0.0477 e. The SMILES string of the molecule is CCC(C)C1CN(C(C)CCOC)C(C(C)CC)CN1. The molecule has 0 aromatic carbocycles. The van der Waals surface area contributed by atoms with Gasteiger partial charge in [0.25, 0.3) is 0 Å². The average Bonchev–Trinajstić information content (AvgIpc) is 2.50. The second kappa shape index (κ2) is 9.01. The fourth-order valence-corrected chi connectivity index (χ4v) is 3.24. The van der Waals surface area contributed by atoms with Gasteiger partial charge in [-0.25, -0.2) is 0 Å². The molecule has 1 fully saturated rings. The van der Waals surface area contributed by atoms with Crippen LogP contribution in [0.1, 0.15) is 53.9 Å². The standard InChI is InChI=1S/C17H36N2O/c1-7-13(3)16-12-19(15(5)9-10-20-6)17(11-18-16)14(4)8-2/h13-18H,7-12H2,1-6H3. The van der Waals surface area contributed by atoms with Crippen LogP contribution in [-0.2, 0) is 4.74 Å². The molecule has 5 unspecified atom stereocenters. The molecule has 20 heavy (non-hydrogen) atoms. The van der Waals surface area contributed by atoms with Gasteiger partial charge in [0.05, 0.1) is 0 Å². The molecule has 0 aromatic rings. The highest BCUT2D eigenvalue weighted by atomic mass is 16.5. The van der Waals surface area contributed by atoms with E-state index in [4.69, 9.17) is 4.74 Å². The van der Waals surface area contributed by atoms with Crippen LogP contribution in [0.15, 0.2) is 0 Å². The third kappa shape index (κ3) is 4.71. The first-order valence-electron chi connectivity index (χ1n) is 8.53. The van der Waals surface area contributed by atoms with Crippen LogP contribution in [0, 0.1) is 11.8 Å². The maximum absolute atomic E-state index is 5.28. The summed E-state index contributed by atoms with van der Waals surface area (Å²) in [5.41, 5.74) is 0. The lowest BCUT2D eigenvalue weighted by atomic mass is 9.89. The Morgan fingerprint density at radius 2 is 1.80 bits per heavy atom. The molecular weight excluding hydrogens is 248 g/mol. The molecule has 1 heterocycles. The summed E-state index contributed by atoms with van der Waals surface area (Å²) in [6, 6.07) is 1.93. The Balaban J connectivity index is 2.71. The molecule has 0 bridgehead atoms. The minimum atomic E-state index is 0.614. The molecule has 1 N–H and O–H groups in total. The highest BCUT2D eigenvalue weighted by molar-refractivity contribution is 4.92. The molecule has 1 saturated heterocycles. The van der Waals surface area contributed by atoms with E-state index in [0.29, 0.717) is 18.1 Å². The zero-order valence-corrected chi connectivity index (χ0v) is 14.5. The number of ether oxygens (including phenoxy) is 1. The Morgan fingerprint density at radius 3 is 2.35 bits per heavy atom. The summed E-state index contributed by atoms with van der Waals surface area (Å²) in [5, 5.41) is 3.80. The molecule has 3 nitrogen and oxygen atoms in total. The van der Waals surface area contributed by atoms with E-state index in [2.05, 4.69) is 44.8 Å². The molecule has 0 spiro atoms. The molecule has 120 valence electrons. The molecule has 3 heteroatoms. The minimum absolute atomic E-state index is 0.614. The molecule has 0 amide bonds. The van der Waals surface area contributed by atoms with Crippen molar-refractivity contribution in [2.75, 3.05) is 26.8 Å². The quantitative estimate of drug-likeness (QED) is 0.741. The molecule has 0 saturated carbocycles. The predicted octanol–water partition coefficient (Wildman–Crippen LogP) is 3.15. The van der Waals surface area contributed by atoms with E-state index in [1.54, 1.807) is 7.11 Å². The van der Waals surface area contributed by atoms with Gasteiger partial charge in [0.15, 0.2) is 0 Å². The van der Waals surface area contributed by atoms with Crippen molar-refractivity contribution < 1.29 is 4.74 Å². The predicted molar refractivity (Wildman–Crippen MR) is 87.1 cm³/mol. The first-order valence-corrected chi connectivity index (χ1v) is 8.53. The van der Waals surface area contributed by atoms with Gasteiger partial charge in [0.1, 0.15) is 0 Å². The van der Waals surface area contributed by atoms with Crippen molar-refractivity contribution >= 4 is 0 Å². The number of nitrogens with zero attached hydrogens (tertiary/aromatic N) is 1. The van der Waals surface area contributed by atoms with Crippen LogP contribution in [0.5, 0.6) is 0 Å². The molecule has 1 aliphatic rings. The lowest BCUT2D eigenvalue weighted by molar-refractivity contribution is 0.0317. The van der Waals surface area contributed by atoms with E-state index in [9.17, 15) is 0 Å². The molecule has 0 radical (unpaired) electrons. The number of nitrogens with one attached hydrogen (secondary N) is 1. The third-order valence-electron chi connectivity index (χ3n) is 5.36. The number of hydrogen-bond donors (Lipinski definition) is 1. The number of piperazine rings is 1. The summed E-state index contributed by atoms with van der Waals surface area (Å²) in [4.78, 5) is 2.75. The van der Waals surface area contributed by atoms with Crippen LogP contribution < -0.4 is 5.32 Å². The summed E-state index contributed by atoms with van der Waals surface area (Å²) in [5.74, 6) is 1.51. The average molecular weight is 284 g/mol. The van der Waals surface area contributed by atoms with Gasteiger partial charge in [0.2, 0.25) is 0 Å². The van der Waals surface area contributed by atoms with Crippen LogP contribution in [0.2, 0.25) is 0 Å².